The van der Waals surface area contributed by atoms with Gasteiger partial charge in [0, 0.05) is 87.6 Å². The SMILES string of the molecule is C#CCCC(C)(C)CC1c2cc(/C(=C/C)N=C(C)CCC(=C)N3CCCCN3)ccc2N(CC)C1c1cccnc1C(C)OC.C=CC=O.C=CNCCC(CCN(C)C(C(N)=O)C(C)C)OCCNC.CC. The first-order chi connectivity index (χ1) is 35.0. The van der Waals surface area contributed by atoms with E-state index in [9.17, 15) is 4.79 Å². The molecule has 4 rings (SSSR count). The van der Waals surface area contributed by atoms with Crippen molar-refractivity contribution < 1.29 is 19.1 Å². The summed E-state index contributed by atoms with van der Waals surface area (Å²) in [7, 11) is 5.62. The summed E-state index contributed by atoms with van der Waals surface area (Å²) in [6.45, 7) is 38.5. The summed E-state index contributed by atoms with van der Waals surface area (Å²) in [6.07, 6.45) is 22.1. The second kappa shape index (κ2) is 36.8. The molecule has 1 amide bonds. The van der Waals surface area contributed by atoms with Gasteiger partial charge in [-0.3, -0.25) is 24.5 Å². The van der Waals surface area contributed by atoms with Gasteiger partial charge in [0.05, 0.1) is 42.3 Å². The number of hydrogen-bond acceptors (Lipinski definition) is 12. The van der Waals surface area contributed by atoms with E-state index in [0.29, 0.717) is 12.9 Å². The second-order valence-electron chi connectivity index (χ2n) is 19.7. The van der Waals surface area contributed by atoms with Crippen LogP contribution >= 0.6 is 0 Å². The summed E-state index contributed by atoms with van der Waals surface area (Å²) in [5.74, 6) is 3.08. The predicted octanol–water partition coefficient (Wildman–Crippen LogP) is 10.9. The third kappa shape index (κ3) is 22.5. The minimum atomic E-state index is -0.265. The van der Waals surface area contributed by atoms with Gasteiger partial charge in [-0.25, -0.2) is 5.43 Å². The number of primary amides is 1. The smallest absolute Gasteiger partial charge is 0.235 e. The highest BCUT2D eigenvalue weighted by molar-refractivity contribution is 5.88. The first-order valence-electron chi connectivity index (χ1n) is 26.9. The number of terminal acetylenes is 1. The number of amides is 1. The van der Waals surface area contributed by atoms with Gasteiger partial charge in [0.1, 0.15) is 6.29 Å². The molecular formula is C60H99N9O4. The molecule has 0 radical (unpaired) electrons. The number of nitrogens with two attached hydrogens (primary N) is 1. The fourth-order valence-electron chi connectivity index (χ4n) is 9.52. The molecule has 2 aliphatic heterocycles. The molecule has 0 aliphatic carbocycles. The van der Waals surface area contributed by atoms with Crippen molar-refractivity contribution in [1.29, 1.82) is 0 Å². The van der Waals surface area contributed by atoms with Crippen molar-refractivity contribution in [3.8, 4) is 12.3 Å². The molecule has 13 nitrogen and oxygen atoms in total. The molecular weight excluding hydrogens is 911 g/mol. The quantitative estimate of drug-likeness (QED) is 0.0203. The minimum absolute atomic E-state index is 0.0747. The monoisotopic (exact) mass is 1010 g/mol. The van der Waals surface area contributed by atoms with Crippen molar-refractivity contribution in [2.45, 2.75) is 157 Å². The number of aliphatic imine (C=N–C) groups is 1. The number of nitrogens with one attached hydrogen (secondary N) is 3. The fourth-order valence-corrected chi connectivity index (χ4v) is 9.52. The predicted molar refractivity (Wildman–Crippen MR) is 309 cm³/mol. The normalized spacial score (nSPS) is 16.8. The average Bonchev–Trinajstić information content (AvgIpc) is 3.69. The van der Waals surface area contributed by atoms with Crippen molar-refractivity contribution in [3.05, 3.63) is 103 Å². The van der Waals surface area contributed by atoms with Gasteiger partial charge in [-0.15, -0.1) is 12.3 Å². The Bertz CT molecular complexity index is 2030. The van der Waals surface area contributed by atoms with Crippen molar-refractivity contribution in [3.63, 3.8) is 0 Å². The fraction of sp³-hybridized carbons (Fsp3) is 0.600. The van der Waals surface area contributed by atoms with Crippen LogP contribution in [0.3, 0.4) is 0 Å². The van der Waals surface area contributed by atoms with Crippen LogP contribution < -0.4 is 26.7 Å². The van der Waals surface area contributed by atoms with Gasteiger partial charge in [-0.05, 0) is 146 Å². The van der Waals surface area contributed by atoms with Crippen LogP contribution in [-0.2, 0) is 19.1 Å². The largest absolute Gasteiger partial charge is 0.391 e. The van der Waals surface area contributed by atoms with E-state index in [1.807, 2.05) is 52.9 Å². The number of benzene rings is 1. The molecule has 1 fully saturated rings. The molecule has 5 atom stereocenters. The Morgan fingerprint density at radius 3 is 2.41 bits per heavy atom. The molecule has 5 N–H and O–H groups in total. The highest BCUT2D eigenvalue weighted by atomic mass is 16.5. The lowest BCUT2D eigenvalue weighted by Crippen LogP contribution is -2.47. The van der Waals surface area contributed by atoms with E-state index in [1.54, 1.807) is 13.3 Å². The number of aldehydes is 1. The van der Waals surface area contributed by atoms with Gasteiger partial charge in [0.15, 0.2) is 0 Å². The van der Waals surface area contributed by atoms with Gasteiger partial charge < -0.3 is 35.7 Å². The van der Waals surface area contributed by atoms with Crippen LogP contribution in [0.25, 0.3) is 5.70 Å². The number of rotatable bonds is 29. The van der Waals surface area contributed by atoms with Gasteiger partial charge in [-0.2, -0.15) is 0 Å². The number of anilines is 1. The summed E-state index contributed by atoms with van der Waals surface area (Å²) in [4.78, 5) is 35.2. The van der Waals surface area contributed by atoms with E-state index in [4.69, 9.17) is 36.4 Å². The van der Waals surface area contributed by atoms with E-state index in [1.165, 1.54) is 35.7 Å². The lowest BCUT2D eigenvalue weighted by Gasteiger charge is -2.35. The third-order valence-corrected chi connectivity index (χ3v) is 13.3. The van der Waals surface area contributed by atoms with Crippen LogP contribution in [-0.4, -0.2) is 112 Å². The summed E-state index contributed by atoms with van der Waals surface area (Å²) >= 11 is 0. The Labute approximate surface area is 444 Å². The summed E-state index contributed by atoms with van der Waals surface area (Å²) in [5, 5.41) is 8.39. The molecule has 2 aliphatic rings. The summed E-state index contributed by atoms with van der Waals surface area (Å²) in [5.41, 5.74) is 18.4. The van der Waals surface area contributed by atoms with E-state index < -0.39 is 0 Å². The number of hydrogen-bond donors (Lipinski definition) is 4. The number of carbonyl (C=O) groups is 2. The van der Waals surface area contributed by atoms with E-state index in [0.717, 1.165) is 113 Å². The van der Waals surface area contributed by atoms with Gasteiger partial charge in [-0.1, -0.05) is 79.5 Å². The minimum Gasteiger partial charge on any atom is -0.391 e. The number of hydrazine groups is 1. The third-order valence-electron chi connectivity index (χ3n) is 13.3. The zero-order valence-corrected chi connectivity index (χ0v) is 47.7. The molecule has 0 spiro atoms. The average molecular weight is 1010 g/mol. The van der Waals surface area contributed by atoms with Crippen molar-refractivity contribution >= 4 is 29.3 Å². The highest BCUT2D eigenvalue weighted by Gasteiger charge is 2.43. The first-order valence-corrected chi connectivity index (χ1v) is 26.9. The Kier molecular flexibility index (Phi) is 33.2. The van der Waals surface area contributed by atoms with Gasteiger partial charge in [0.2, 0.25) is 5.91 Å². The molecule has 408 valence electrons. The number of fused-ring (bicyclic) bond motifs is 1. The summed E-state index contributed by atoms with van der Waals surface area (Å²) < 4.78 is 11.7. The zero-order valence-electron chi connectivity index (χ0n) is 47.7. The number of pyridine rings is 1. The number of nitrogens with zero attached hydrogens (tertiary/aromatic N) is 5. The molecule has 1 aromatic carbocycles. The van der Waals surface area contributed by atoms with Crippen LogP contribution in [0.1, 0.15) is 167 Å². The Morgan fingerprint density at radius 1 is 1.14 bits per heavy atom. The number of allylic oxidation sites excluding steroid dienone is 3. The second-order valence-corrected chi connectivity index (χ2v) is 19.7. The van der Waals surface area contributed by atoms with Crippen LogP contribution in [0, 0.1) is 23.7 Å². The summed E-state index contributed by atoms with van der Waals surface area (Å²) in [6, 6.07) is 11.2. The van der Waals surface area contributed by atoms with Crippen LogP contribution in [0.5, 0.6) is 0 Å². The number of aromatic nitrogens is 1. The molecule has 73 heavy (non-hydrogen) atoms. The van der Waals surface area contributed by atoms with Gasteiger partial charge >= 0.3 is 0 Å². The molecule has 1 aromatic heterocycles. The highest BCUT2D eigenvalue weighted by Crippen LogP contribution is 2.55. The molecule has 2 aromatic rings. The topological polar surface area (TPSA) is 150 Å². The maximum Gasteiger partial charge on any atom is 0.235 e. The van der Waals surface area contributed by atoms with Crippen LogP contribution in [0.2, 0.25) is 0 Å². The zero-order chi connectivity index (χ0) is 54.9. The number of likely N-dealkylation sites (N-methyl/N-ethyl adjacent to an activating group) is 3. The Hall–Kier alpha value is -5.10. The van der Waals surface area contributed by atoms with Crippen LogP contribution in [0.15, 0.2) is 85.3 Å². The van der Waals surface area contributed by atoms with E-state index in [-0.39, 0.29) is 47.4 Å². The van der Waals surface area contributed by atoms with Crippen molar-refractivity contribution in [1.82, 2.24) is 31.0 Å². The number of methoxy groups -OCH3 is 1. The van der Waals surface area contributed by atoms with Crippen molar-refractivity contribution in [2.75, 3.05) is 72.0 Å². The lowest BCUT2D eigenvalue weighted by molar-refractivity contribution is -0.124. The molecule has 13 heteroatoms. The maximum absolute atomic E-state index is 11.6. The standard InChI is InChI=1S/C39H55N5O.C16H34N4O2.C3H4O.C2H6/c1-10-13-22-39(7,8)27-34-33-26-31(35(11-2)42-28(4)18-19-29(5)44-25-15-14-24-41-44)20-21-36(33)43(12-3)38(34)32-17-16-23-40-37(32)30(6)45-9;1-6-19-9-7-14(22-12-10-18-4)8-11-20(5)15(13(2)3)16(17)21;1-2-3-4;1-2/h1,11,16-17,20-21,23,26,30,34,38,41H,5,12-15,18-19,22,24-25,27H2,2-4,6-9H3;6,13-15,18-19H,1,7-12H2,2-5H3,(H2,17,21);2-3H,1H2;1-2H3/b35-11-,42-28?;;;. The Balaban J connectivity index is 0.000000797. The number of ether oxygens (including phenoxy) is 2. The van der Waals surface area contributed by atoms with Crippen molar-refractivity contribution in [2.24, 2.45) is 22.1 Å². The molecule has 5 unspecified atom stereocenters. The molecule has 3 heterocycles. The molecule has 1 saturated heterocycles. The Morgan fingerprint density at radius 2 is 1.85 bits per heavy atom. The first kappa shape index (κ1) is 65.9. The maximum atomic E-state index is 11.6. The van der Waals surface area contributed by atoms with Crippen LogP contribution in [0.4, 0.5) is 5.69 Å². The number of carbonyl (C=O) groups excluding carboxylic acids is 2. The van der Waals surface area contributed by atoms with E-state index >= 15 is 0 Å². The molecule has 0 bridgehead atoms. The molecule has 0 saturated carbocycles. The van der Waals surface area contributed by atoms with E-state index in [2.05, 4.69) is 130 Å². The van der Waals surface area contributed by atoms with Gasteiger partial charge in [0.25, 0.3) is 0 Å². The lowest BCUT2D eigenvalue weighted by atomic mass is 9.74.